The first-order chi connectivity index (χ1) is 9.25. The highest BCUT2D eigenvalue weighted by atomic mass is 35.5. The number of hydrogen-bond acceptors (Lipinski definition) is 3. The summed E-state index contributed by atoms with van der Waals surface area (Å²) < 4.78 is 26.8. The molecule has 20 heavy (non-hydrogen) atoms. The van der Waals surface area contributed by atoms with Gasteiger partial charge in [-0.25, -0.2) is 17.4 Å². The van der Waals surface area contributed by atoms with Crippen molar-refractivity contribution >= 4 is 21.6 Å². The number of aryl methyl sites for hydroxylation is 2. The first-order valence-electron chi connectivity index (χ1n) is 6.30. The standard InChI is InChI=1S/C14H17ClN2O2S/c1-9(2)14-16-5-6-17(14)20(18,19)13-8-10(3)12(15)7-11(13)4/h5-9H,1-4H3. The molecular formula is C14H17ClN2O2S. The highest BCUT2D eigenvalue weighted by Crippen LogP contribution is 2.27. The average molecular weight is 313 g/mol. The number of halogens is 1. The highest BCUT2D eigenvalue weighted by Gasteiger charge is 2.24. The predicted octanol–water partition coefficient (Wildman–Crippen LogP) is 3.51. The smallest absolute Gasteiger partial charge is 0.240 e. The fourth-order valence-corrected chi connectivity index (χ4v) is 3.99. The van der Waals surface area contributed by atoms with E-state index in [0.29, 0.717) is 16.4 Å². The van der Waals surface area contributed by atoms with Gasteiger partial charge in [0, 0.05) is 23.3 Å². The van der Waals surface area contributed by atoms with Crippen LogP contribution in [0.25, 0.3) is 0 Å². The minimum absolute atomic E-state index is 0.0217. The summed E-state index contributed by atoms with van der Waals surface area (Å²) in [5.74, 6) is 0.547. The second-order valence-corrected chi connectivity index (χ2v) is 7.30. The van der Waals surface area contributed by atoms with E-state index >= 15 is 0 Å². The molecule has 0 unspecified atom stereocenters. The zero-order valence-electron chi connectivity index (χ0n) is 11.9. The predicted molar refractivity (Wildman–Crippen MR) is 79.8 cm³/mol. The Morgan fingerprint density at radius 1 is 1.20 bits per heavy atom. The normalized spacial score (nSPS) is 12.1. The second kappa shape index (κ2) is 5.22. The van der Waals surface area contributed by atoms with Gasteiger partial charge in [0.05, 0.1) is 4.90 Å². The van der Waals surface area contributed by atoms with Crippen molar-refractivity contribution in [3.8, 4) is 0 Å². The van der Waals surface area contributed by atoms with Crippen LogP contribution in [0.5, 0.6) is 0 Å². The van der Waals surface area contributed by atoms with E-state index in [-0.39, 0.29) is 10.8 Å². The van der Waals surface area contributed by atoms with E-state index in [1.807, 2.05) is 13.8 Å². The molecule has 0 radical (unpaired) electrons. The lowest BCUT2D eigenvalue weighted by Gasteiger charge is -2.14. The van der Waals surface area contributed by atoms with Gasteiger partial charge in [-0.05, 0) is 37.1 Å². The SMILES string of the molecule is Cc1cc(S(=O)(=O)n2ccnc2C(C)C)c(C)cc1Cl. The van der Waals surface area contributed by atoms with Crippen LogP contribution in [0.1, 0.15) is 36.7 Å². The van der Waals surface area contributed by atoms with Gasteiger partial charge in [0.15, 0.2) is 0 Å². The fraction of sp³-hybridized carbons (Fsp3) is 0.357. The van der Waals surface area contributed by atoms with Crippen LogP contribution in [-0.4, -0.2) is 17.4 Å². The number of imidazole rings is 1. The van der Waals surface area contributed by atoms with Gasteiger partial charge < -0.3 is 0 Å². The van der Waals surface area contributed by atoms with Crippen LogP contribution in [0.2, 0.25) is 5.02 Å². The first-order valence-corrected chi connectivity index (χ1v) is 8.12. The third kappa shape index (κ3) is 2.47. The van der Waals surface area contributed by atoms with Crippen LogP contribution in [-0.2, 0) is 10.0 Å². The summed E-state index contributed by atoms with van der Waals surface area (Å²) in [5, 5.41) is 0.566. The Balaban J connectivity index is 2.67. The van der Waals surface area contributed by atoms with Gasteiger partial charge in [-0.15, -0.1) is 0 Å². The molecule has 6 heteroatoms. The molecule has 0 saturated carbocycles. The van der Waals surface area contributed by atoms with Gasteiger partial charge in [-0.1, -0.05) is 25.4 Å². The third-order valence-electron chi connectivity index (χ3n) is 3.14. The van der Waals surface area contributed by atoms with Gasteiger partial charge >= 0.3 is 0 Å². The number of nitrogens with zero attached hydrogens (tertiary/aromatic N) is 2. The number of rotatable bonds is 3. The van der Waals surface area contributed by atoms with E-state index in [4.69, 9.17) is 11.6 Å². The van der Waals surface area contributed by atoms with Crippen molar-refractivity contribution in [3.05, 3.63) is 46.5 Å². The summed E-state index contributed by atoms with van der Waals surface area (Å²) in [6, 6.07) is 3.28. The molecule has 1 aromatic heterocycles. The summed E-state index contributed by atoms with van der Waals surface area (Å²) in [7, 11) is -3.65. The lowest BCUT2D eigenvalue weighted by Crippen LogP contribution is -2.17. The molecule has 0 aliphatic carbocycles. The molecule has 0 atom stereocenters. The van der Waals surface area contributed by atoms with Crippen molar-refractivity contribution in [2.24, 2.45) is 0 Å². The molecule has 2 aromatic rings. The maximum atomic E-state index is 12.8. The van der Waals surface area contributed by atoms with E-state index in [0.717, 1.165) is 5.56 Å². The Morgan fingerprint density at radius 2 is 1.85 bits per heavy atom. The lowest BCUT2D eigenvalue weighted by molar-refractivity contribution is 0.581. The van der Waals surface area contributed by atoms with Gasteiger partial charge in [-0.2, -0.15) is 0 Å². The van der Waals surface area contributed by atoms with Crippen LogP contribution in [0, 0.1) is 13.8 Å². The molecule has 0 aliphatic rings. The van der Waals surface area contributed by atoms with E-state index in [1.54, 1.807) is 26.0 Å². The first kappa shape index (κ1) is 15.1. The summed E-state index contributed by atoms with van der Waals surface area (Å²) >= 11 is 6.03. The lowest BCUT2D eigenvalue weighted by atomic mass is 10.2. The Morgan fingerprint density at radius 3 is 2.45 bits per heavy atom. The topological polar surface area (TPSA) is 52.0 Å². The van der Waals surface area contributed by atoms with Crippen molar-refractivity contribution in [2.45, 2.75) is 38.5 Å². The molecule has 4 nitrogen and oxygen atoms in total. The molecule has 2 rings (SSSR count). The summed E-state index contributed by atoms with van der Waals surface area (Å²) in [5.41, 5.74) is 1.37. The van der Waals surface area contributed by atoms with Gasteiger partial charge in [-0.3, -0.25) is 0 Å². The molecule has 108 valence electrons. The molecule has 0 aliphatic heterocycles. The zero-order valence-corrected chi connectivity index (χ0v) is 13.5. The average Bonchev–Trinajstić information content (AvgIpc) is 2.83. The summed E-state index contributed by atoms with van der Waals surface area (Å²) in [4.78, 5) is 4.40. The Kier molecular flexibility index (Phi) is 3.93. The molecule has 0 bridgehead atoms. The van der Waals surface area contributed by atoms with Crippen LogP contribution >= 0.6 is 11.6 Å². The highest BCUT2D eigenvalue weighted by molar-refractivity contribution is 7.90. The minimum atomic E-state index is -3.65. The van der Waals surface area contributed by atoms with Crippen molar-refractivity contribution in [3.63, 3.8) is 0 Å². The van der Waals surface area contributed by atoms with Crippen LogP contribution in [0.3, 0.4) is 0 Å². The monoisotopic (exact) mass is 312 g/mol. The molecule has 0 spiro atoms. The molecule has 1 heterocycles. The van der Waals surface area contributed by atoms with Crippen molar-refractivity contribution in [2.75, 3.05) is 0 Å². The Hall–Kier alpha value is -1.33. The maximum Gasteiger partial charge on any atom is 0.269 e. The minimum Gasteiger partial charge on any atom is -0.240 e. The van der Waals surface area contributed by atoms with E-state index in [2.05, 4.69) is 4.98 Å². The molecule has 1 aromatic carbocycles. The molecule has 0 saturated heterocycles. The Labute approximate surface area is 124 Å². The number of aromatic nitrogens is 2. The molecule has 0 amide bonds. The van der Waals surface area contributed by atoms with Crippen LogP contribution in [0.15, 0.2) is 29.4 Å². The second-order valence-electron chi connectivity index (χ2n) is 5.11. The van der Waals surface area contributed by atoms with Gasteiger partial charge in [0.25, 0.3) is 10.0 Å². The number of hydrogen-bond donors (Lipinski definition) is 0. The van der Waals surface area contributed by atoms with E-state index in [9.17, 15) is 8.42 Å². The molecular weight excluding hydrogens is 296 g/mol. The van der Waals surface area contributed by atoms with E-state index in [1.165, 1.54) is 16.4 Å². The molecule has 0 N–H and O–H groups in total. The van der Waals surface area contributed by atoms with E-state index < -0.39 is 10.0 Å². The van der Waals surface area contributed by atoms with Gasteiger partial charge in [0.1, 0.15) is 5.82 Å². The summed E-state index contributed by atoms with van der Waals surface area (Å²) in [6.07, 6.45) is 2.99. The zero-order chi connectivity index (χ0) is 15.1. The van der Waals surface area contributed by atoms with Crippen LogP contribution < -0.4 is 0 Å². The Bertz CT molecular complexity index is 749. The van der Waals surface area contributed by atoms with Crippen molar-refractivity contribution < 1.29 is 8.42 Å². The quantitative estimate of drug-likeness (QED) is 0.871. The fourth-order valence-electron chi connectivity index (χ4n) is 2.05. The molecule has 0 fully saturated rings. The van der Waals surface area contributed by atoms with Gasteiger partial charge in [0.2, 0.25) is 0 Å². The number of benzene rings is 1. The third-order valence-corrected chi connectivity index (χ3v) is 5.37. The van der Waals surface area contributed by atoms with Crippen LogP contribution in [0.4, 0.5) is 0 Å². The van der Waals surface area contributed by atoms with Crippen molar-refractivity contribution in [1.29, 1.82) is 0 Å². The summed E-state index contributed by atoms with van der Waals surface area (Å²) in [6.45, 7) is 7.35. The largest absolute Gasteiger partial charge is 0.269 e. The maximum absolute atomic E-state index is 12.8. The van der Waals surface area contributed by atoms with Crippen molar-refractivity contribution in [1.82, 2.24) is 8.96 Å².